The van der Waals surface area contributed by atoms with E-state index in [9.17, 15) is 9.59 Å². The van der Waals surface area contributed by atoms with Crippen LogP contribution in [-0.4, -0.2) is 109 Å². The van der Waals surface area contributed by atoms with Crippen molar-refractivity contribution in [3.63, 3.8) is 0 Å². The zero-order valence-electron chi connectivity index (χ0n) is 16.3. The zero-order chi connectivity index (χ0) is 22.9. The summed E-state index contributed by atoms with van der Waals surface area (Å²) in [6, 6.07) is 4.47. The third kappa shape index (κ3) is 9.68. The molecule has 0 aliphatic rings. The number of hydrogen-bond acceptors (Lipinski definition) is 6. The van der Waals surface area contributed by atoms with Gasteiger partial charge in [-0.2, -0.15) is 0 Å². The van der Waals surface area contributed by atoms with Crippen LogP contribution < -0.4 is 4.90 Å². The molecule has 0 unspecified atom stereocenters. The van der Waals surface area contributed by atoms with Crippen LogP contribution in [0.3, 0.4) is 0 Å². The molecule has 0 aliphatic heterocycles. The topological polar surface area (TPSA) is 117 Å². The summed E-state index contributed by atoms with van der Waals surface area (Å²) in [6.45, 7) is -1.07. The molecular formula is C15H9BrCl6N4Na2O4. The number of halogens is 7. The van der Waals surface area contributed by atoms with Gasteiger partial charge < -0.3 is 15.1 Å². The average molecular weight is 648 g/mol. The number of carboxylic acid groups (broad SMARTS) is 2. The molecule has 2 aromatic rings. The first-order valence-corrected chi connectivity index (χ1v) is 10.6. The molecule has 164 valence electrons. The van der Waals surface area contributed by atoms with E-state index in [4.69, 9.17) is 79.8 Å². The predicted octanol–water partition coefficient (Wildman–Crippen LogP) is 4.17. The van der Waals surface area contributed by atoms with E-state index in [1.165, 1.54) is 18.2 Å². The monoisotopic (exact) mass is 644 g/mol. The number of rotatable bonds is 6. The van der Waals surface area contributed by atoms with E-state index >= 15 is 0 Å². The molecule has 2 rings (SSSR count). The molecule has 0 spiro atoms. The van der Waals surface area contributed by atoms with E-state index in [2.05, 4.69) is 30.9 Å². The maximum absolute atomic E-state index is 11.1. The minimum atomic E-state index is -2.03. The summed E-state index contributed by atoms with van der Waals surface area (Å²) in [6.07, 6.45) is 0. The van der Waals surface area contributed by atoms with Crippen LogP contribution in [0, 0.1) is 0 Å². The van der Waals surface area contributed by atoms with E-state index in [0.717, 1.165) is 4.90 Å². The summed E-state index contributed by atoms with van der Waals surface area (Å²) in [5.74, 6) is -2.97. The van der Waals surface area contributed by atoms with Gasteiger partial charge in [0.25, 0.3) is 0 Å². The molecule has 0 bridgehead atoms. The first-order chi connectivity index (χ1) is 13.7. The molecule has 0 atom stereocenters. The third-order valence-electron chi connectivity index (χ3n) is 3.34. The zero-order valence-corrected chi connectivity index (χ0v) is 26.4. The average Bonchev–Trinajstić information content (AvgIpc) is 2.58. The number of aliphatic carboxylic acids is 2. The van der Waals surface area contributed by atoms with Crippen LogP contribution in [0.15, 0.2) is 22.7 Å². The van der Waals surface area contributed by atoms with E-state index in [1.807, 2.05) is 0 Å². The second-order valence-electron chi connectivity index (χ2n) is 5.61. The molecule has 1 aromatic heterocycles. The number of nitrogens with zero attached hydrogens (tertiary/aromatic N) is 4. The van der Waals surface area contributed by atoms with Crippen molar-refractivity contribution in [3.05, 3.63) is 34.3 Å². The predicted molar refractivity (Wildman–Crippen MR) is 130 cm³/mol. The molecule has 2 radical (unpaired) electrons. The SMILES string of the molecule is O=C(O)CN(CC(=O)O)c1ccc(-c2nc(C(Cl)(Cl)Cl)nc(C(Cl)(Cl)Cl)n2)cc1Br.[Na].[Na]. The fraction of sp³-hybridized carbons (Fsp3) is 0.267. The summed E-state index contributed by atoms with van der Waals surface area (Å²) < 4.78 is -3.70. The van der Waals surface area contributed by atoms with Crippen molar-refractivity contribution in [2.75, 3.05) is 18.0 Å². The van der Waals surface area contributed by atoms with Crippen LogP contribution >= 0.6 is 85.5 Å². The first kappa shape index (κ1) is 33.2. The van der Waals surface area contributed by atoms with Crippen LogP contribution in [0.2, 0.25) is 0 Å². The largest absolute Gasteiger partial charge is 0.480 e. The molecule has 1 aromatic carbocycles. The van der Waals surface area contributed by atoms with Gasteiger partial charge >= 0.3 is 11.9 Å². The Morgan fingerprint density at radius 2 is 1.31 bits per heavy atom. The van der Waals surface area contributed by atoms with Gasteiger partial charge in [-0.1, -0.05) is 69.6 Å². The van der Waals surface area contributed by atoms with Gasteiger partial charge in [-0.25, -0.2) is 15.0 Å². The van der Waals surface area contributed by atoms with Gasteiger partial charge in [0.1, 0.15) is 13.1 Å². The van der Waals surface area contributed by atoms with Gasteiger partial charge in [0.15, 0.2) is 17.5 Å². The first-order valence-electron chi connectivity index (χ1n) is 7.57. The number of carboxylic acids is 2. The minimum Gasteiger partial charge on any atom is -0.480 e. The Hall–Kier alpha value is 1.19. The Morgan fingerprint density at radius 3 is 1.66 bits per heavy atom. The van der Waals surface area contributed by atoms with Crippen LogP contribution in [0.5, 0.6) is 0 Å². The number of aromatic nitrogens is 3. The van der Waals surface area contributed by atoms with E-state index in [-0.39, 0.29) is 76.6 Å². The van der Waals surface area contributed by atoms with Crippen molar-refractivity contribution in [1.29, 1.82) is 0 Å². The fourth-order valence-electron chi connectivity index (χ4n) is 2.21. The van der Waals surface area contributed by atoms with Crippen molar-refractivity contribution in [2.45, 2.75) is 7.59 Å². The molecule has 0 fully saturated rings. The van der Waals surface area contributed by atoms with Crippen LogP contribution in [0.1, 0.15) is 11.6 Å². The Morgan fingerprint density at radius 1 is 0.875 bits per heavy atom. The summed E-state index contributed by atoms with van der Waals surface area (Å²) >= 11 is 38.4. The molecular weight excluding hydrogens is 639 g/mol. The van der Waals surface area contributed by atoms with E-state index in [1.54, 1.807) is 0 Å². The summed E-state index contributed by atoms with van der Waals surface area (Å²) in [5, 5.41) is 18.1. The Balaban J connectivity index is 0.00000480. The van der Waals surface area contributed by atoms with Gasteiger partial charge in [0.2, 0.25) is 7.59 Å². The Bertz CT molecular complexity index is 945. The number of hydrogen-bond donors (Lipinski definition) is 2. The molecule has 0 saturated carbocycles. The summed E-state index contributed by atoms with van der Waals surface area (Å²) in [5.41, 5.74) is 0.672. The molecule has 1 heterocycles. The molecule has 0 aliphatic carbocycles. The number of carbonyl (C=O) groups is 2. The van der Waals surface area contributed by atoms with Gasteiger partial charge in [-0.3, -0.25) is 9.59 Å². The van der Waals surface area contributed by atoms with Crippen LogP contribution in [0.4, 0.5) is 5.69 Å². The Kier molecular flexibility index (Phi) is 14.0. The normalized spacial score (nSPS) is 11.2. The van der Waals surface area contributed by atoms with Gasteiger partial charge in [0, 0.05) is 69.2 Å². The smallest absolute Gasteiger partial charge is 0.323 e. The van der Waals surface area contributed by atoms with Gasteiger partial charge in [-0.05, 0) is 34.1 Å². The molecule has 17 heteroatoms. The maximum Gasteiger partial charge on any atom is 0.323 e. The van der Waals surface area contributed by atoms with E-state index in [0.29, 0.717) is 15.7 Å². The van der Waals surface area contributed by atoms with Crippen LogP contribution in [0.25, 0.3) is 11.4 Å². The van der Waals surface area contributed by atoms with E-state index < -0.39 is 32.6 Å². The molecule has 0 saturated heterocycles. The summed E-state index contributed by atoms with van der Waals surface area (Å²) in [7, 11) is 0. The van der Waals surface area contributed by atoms with Crippen molar-refractivity contribution < 1.29 is 19.8 Å². The third-order valence-corrected chi connectivity index (χ3v) is 4.99. The number of alkyl halides is 6. The molecule has 32 heavy (non-hydrogen) atoms. The van der Waals surface area contributed by atoms with Crippen molar-refractivity contribution in [3.8, 4) is 11.4 Å². The van der Waals surface area contributed by atoms with Crippen LogP contribution in [-0.2, 0) is 17.2 Å². The van der Waals surface area contributed by atoms with Crippen molar-refractivity contribution >= 4 is 162 Å². The minimum absolute atomic E-state index is 0. The Labute approximate surface area is 265 Å². The quantitative estimate of drug-likeness (QED) is 0.355. The summed E-state index contributed by atoms with van der Waals surface area (Å²) in [4.78, 5) is 35.3. The van der Waals surface area contributed by atoms with Gasteiger partial charge in [-0.15, -0.1) is 0 Å². The number of anilines is 1. The van der Waals surface area contributed by atoms with Gasteiger partial charge in [0.05, 0.1) is 5.69 Å². The second kappa shape index (κ2) is 13.5. The maximum atomic E-state index is 11.1. The molecule has 8 nitrogen and oxygen atoms in total. The fourth-order valence-corrected chi connectivity index (χ4v) is 3.35. The second-order valence-corrected chi connectivity index (χ2v) is 11.0. The van der Waals surface area contributed by atoms with Crippen molar-refractivity contribution in [1.82, 2.24) is 15.0 Å². The standard InChI is InChI=1S/C15H9BrCl6N4O4.2Na/c16-7-3-6(1-2-8(7)26(4-9(27)28)5-10(29)30)11-23-12(14(17,18)19)25-13(24-11)15(20,21)22;;/h1-3H,4-5H2,(H,27,28)(H,29,30);;. The number of benzene rings is 1. The van der Waals surface area contributed by atoms with Crippen molar-refractivity contribution in [2.24, 2.45) is 0 Å². The molecule has 2 N–H and O–H groups in total. The molecule has 0 amide bonds.